The Morgan fingerprint density at radius 3 is 2.62 bits per heavy atom. The smallest absolute Gasteiger partial charge is 0.340 e. The molecule has 0 aliphatic carbocycles. The van der Waals surface area contributed by atoms with E-state index < -0.39 is 5.97 Å². The van der Waals surface area contributed by atoms with E-state index in [0.717, 1.165) is 0 Å². The first-order valence-electron chi connectivity index (χ1n) is 4.52. The molecule has 0 fully saturated rings. The quantitative estimate of drug-likeness (QED) is 0.760. The van der Waals surface area contributed by atoms with Gasteiger partial charge in [0.25, 0.3) is 0 Å². The monoisotopic (exact) mass is 213 g/mol. The van der Waals surface area contributed by atoms with E-state index in [1.807, 2.05) is 6.07 Å². The molecule has 2 rings (SSSR count). The first-order valence-corrected chi connectivity index (χ1v) is 4.52. The predicted molar refractivity (Wildman–Crippen MR) is 57.3 cm³/mol. The third kappa shape index (κ3) is 1.44. The fourth-order valence-corrected chi connectivity index (χ4v) is 1.61. The molecule has 4 heteroatoms. The zero-order chi connectivity index (χ0) is 11.7. The first kappa shape index (κ1) is 9.99. The largest absolute Gasteiger partial charge is 0.507 e. The van der Waals surface area contributed by atoms with E-state index in [2.05, 4.69) is 0 Å². The Labute approximate surface area is 91.0 Å². The zero-order valence-electron chi connectivity index (χ0n) is 8.14. The van der Waals surface area contributed by atoms with Gasteiger partial charge in [-0.25, -0.2) is 4.79 Å². The second-order valence-corrected chi connectivity index (χ2v) is 3.31. The Bertz CT molecular complexity index is 626. The maximum absolute atomic E-state index is 11.0. The summed E-state index contributed by atoms with van der Waals surface area (Å²) in [6.07, 6.45) is 0. The number of fused-ring (bicyclic) bond motifs is 1. The zero-order valence-corrected chi connectivity index (χ0v) is 8.14. The molecule has 0 aromatic heterocycles. The van der Waals surface area contributed by atoms with Gasteiger partial charge in [0, 0.05) is 5.39 Å². The summed E-state index contributed by atoms with van der Waals surface area (Å²) >= 11 is 0. The van der Waals surface area contributed by atoms with Gasteiger partial charge < -0.3 is 10.2 Å². The lowest BCUT2D eigenvalue weighted by atomic mass is 10.0. The van der Waals surface area contributed by atoms with Crippen LogP contribution in [-0.2, 0) is 0 Å². The highest BCUT2D eigenvalue weighted by Crippen LogP contribution is 2.27. The van der Waals surface area contributed by atoms with Crippen molar-refractivity contribution in [3.63, 3.8) is 0 Å². The van der Waals surface area contributed by atoms with E-state index in [-0.39, 0.29) is 11.3 Å². The van der Waals surface area contributed by atoms with E-state index >= 15 is 0 Å². The number of benzene rings is 2. The number of aromatic carboxylic acids is 1. The maximum atomic E-state index is 11.0. The third-order valence-electron chi connectivity index (χ3n) is 2.34. The minimum atomic E-state index is -1.19. The van der Waals surface area contributed by atoms with Crippen LogP contribution in [0.4, 0.5) is 0 Å². The Balaban J connectivity index is 2.85. The van der Waals surface area contributed by atoms with E-state index in [0.29, 0.717) is 16.3 Å². The summed E-state index contributed by atoms with van der Waals surface area (Å²) in [5, 5.41) is 28.2. The normalized spacial score (nSPS) is 9.94. The SMILES string of the molecule is N#Cc1ccc2c(C(=O)O)c(O)ccc2c1. The summed E-state index contributed by atoms with van der Waals surface area (Å²) in [6.45, 7) is 0. The lowest BCUT2D eigenvalue weighted by Gasteiger charge is -2.04. The van der Waals surface area contributed by atoms with Crippen molar-refractivity contribution in [1.82, 2.24) is 0 Å². The van der Waals surface area contributed by atoms with Crippen LogP contribution in [-0.4, -0.2) is 16.2 Å². The molecule has 2 N–H and O–H groups in total. The highest BCUT2D eigenvalue weighted by atomic mass is 16.4. The molecule has 0 aliphatic rings. The van der Waals surface area contributed by atoms with Crippen molar-refractivity contribution in [3.8, 4) is 11.8 Å². The number of nitriles is 1. The highest BCUT2D eigenvalue weighted by Gasteiger charge is 2.13. The van der Waals surface area contributed by atoms with E-state index in [4.69, 9.17) is 10.4 Å². The second kappa shape index (κ2) is 3.55. The van der Waals surface area contributed by atoms with Gasteiger partial charge in [-0.3, -0.25) is 0 Å². The fraction of sp³-hybridized carbons (Fsp3) is 0. The van der Waals surface area contributed by atoms with Crippen LogP contribution in [0.15, 0.2) is 30.3 Å². The van der Waals surface area contributed by atoms with Crippen LogP contribution < -0.4 is 0 Å². The van der Waals surface area contributed by atoms with Crippen molar-refractivity contribution in [3.05, 3.63) is 41.5 Å². The van der Waals surface area contributed by atoms with Crippen molar-refractivity contribution >= 4 is 16.7 Å². The maximum Gasteiger partial charge on any atom is 0.340 e. The number of rotatable bonds is 1. The number of nitrogens with zero attached hydrogens (tertiary/aromatic N) is 1. The lowest BCUT2D eigenvalue weighted by Crippen LogP contribution is -1.98. The predicted octanol–water partition coefficient (Wildman–Crippen LogP) is 2.12. The number of carbonyl (C=O) groups is 1. The van der Waals surface area contributed by atoms with Crippen molar-refractivity contribution < 1.29 is 15.0 Å². The fourth-order valence-electron chi connectivity index (χ4n) is 1.61. The van der Waals surface area contributed by atoms with Crippen LogP contribution in [0.25, 0.3) is 10.8 Å². The summed E-state index contributed by atoms with van der Waals surface area (Å²) in [7, 11) is 0. The van der Waals surface area contributed by atoms with Crippen LogP contribution in [0.5, 0.6) is 5.75 Å². The molecule has 0 saturated carbocycles. The van der Waals surface area contributed by atoms with Crippen molar-refractivity contribution in [2.75, 3.05) is 0 Å². The topological polar surface area (TPSA) is 81.3 Å². The summed E-state index contributed by atoms with van der Waals surface area (Å²) in [5.74, 6) is -1.46. The molecule has 78 valence electrons. The van der Waals surface area contributed by atoms with E-state index in [1.54, 1.807) is 12.1 Å². The van der Waals surface area contributed by atoms with Crippen LogP contribution in [0.1, 0.15) is 15.9 Å². The van der Waals surface area contributed by atoms with Gasteiger partial charge in [-0.1, -0.05) is 12.1 Å². The van der Waals surface area contributed by atoms with Gasteiger partial charge in [-0.15, -0.1) is 0 Å². The van der Waals surface area contributed by atoms with Crippen molar-refractivity contribution in [2.45, 2.75) is 0 Å². The number of hydrogen-bond donors (Lipinski definition) is 2. The van der Waals surface area contributed by atoms with Gasteiger partial charge in [0.15, 0.2) is 0 Å². The molecule has 0 saturated heterocycles. The molecule has 0 spiro atoms. The lowest BCUT2D eigenvalue weighted by molar-refractivity contribution is 0.0696. The number of carboxylic acid groups (broad SMARTS) is 1. The Hall–Kier alpha value is -2.54. The van der Waals surface area contributed by atoms with Gasteiger partial charge in [0.2, 0.25) is 0 Å². The molecule has 2 aromatic rings. The molecular formula is C12H7NO3. The Morgan fingerprint density at radius 2 is 2.00 bits per heavy atom. The molecule has 4 nitrogen and oxygen atoms in total. The van der Waals surface area contributed by atoms with E-state index in [9.17, 15) is 9.90 Å². The molecule has 0 radical (unpaired) electrons. The second-order valence-electron chi connectivity index (χ2n) is 3.31. The van der Waals surface area contributed by atoms with Gasteiger partial charge in [0.05, 0.1) is 11.6 Å². The molecule has 0 heterocycles. The minimum Gasteiger partial charge on any atom is -0.507 e. The standard InChI is InChI=1S/C12H7NO3/c13-6-7-1-3-9-8(5-7)2-4-10(14)11(9)12(15)16/h1-5,14H,(H,15,16). The summed E-state index contributed by atoms with van der Waals surface area (Å²) < 4.78 is 0. The van der Waals surface area contributed by atoms with Crippen LogP contribution >= 0.6 is 0 Å². The minimum absolute atomic E-state index is 0.137. The van der Waals surface area contributed by atoms with Crippen LogP contribution in [0.3, 0.4) is 0 Å². The number of hydrogen-bond acceptors (Lipinski definition) is 3. The van der Waals surface area contributed by atoms with Gasteiger partial charge >= 0.3 is 5.97 Å². The average Bonchev–Trinajstić information content (AvgIpc) is 2.27. The average molecular weight is 213 g/mol. The summed E-state index contributed by atoms with van der Waals surface area (Å²) in [4.78, 5) is 11.0. The molecule has 0 aliphatic heterocycles. The highest BCUT2D eigenvalue weighted by molar-refractivity contribution is 6.06. The van der Waals surface area contributed by atoms with Crippen molar-refractivity contribution in [2.24, 2.45) is 0 Å². The molecule has 0 bridgehead atoms. The molecule has 0 atom stereocenters. The molecule has 2 aromatic carbocycles. The summed E-state index contributed by atoms with van der Waals surface area (Å²) in [5.41, 5.74) is 0.316. The third-order valence-corrected chi connectivity index (χ3v) is 2.34. The molecule has 0 amide bonds. The van der Waals surface area contributed by atoms with Crippen LogP contribution in [0.2, 0.25) is 0 Å². The summed E-state index contributed by atoms with van der Waals surface area (Å²) in [6, 6.07) is 9.50. The van der Waals surface area contributed by atoms with Gasteiger partial charge in [-0.2, -0.15) is 5.26 Å². The van der Waals surface area contributed by atoms with Crippen molar-refractivity contribution in [1.29, 1.82) is 5.26 Å². The number of phenols is 1. The molecule has 16 heavy (non-hydrogen) atoms. The number of carboxylic acids is 1. The Kier molecular flexibility index (Phi) is 2.22. The van der Waals surface area contributed by atoms with E-state index in [1.165, 1.54) is 18.2 Å². The molecular weight excluding hydrogens is 206 g/mol. The molecule has 0 unspecified atom stereocenters. The number of aromatic hydroxyl groups is 1. The van der Waals surface area contributed by atoms with Crippen LogP contribution in [0, 0.1) is 11.3 Å². The van der Waals surface area contributed by atoms with Gasteiger partial charge in [-0.05, 0) is 23.6 Å². The van der Waals surface area contributed by atoms with Gasteiger partial charge in [0.1, 0.15) is 11.3 Å². The Morgan fingerprint density at radius 1 is 1.25 bits per heavy atom. The first-order chi connectivity index (χ1) is 7.63.